The number of aryl methyl sites for hydroxylation is 2. The van der Waals surface area contributed by atoms with Crippen LogP contribution in [0.15, 0.2) is 57.7 Å². The SMILES string of the molecule is Cc1cc(O)c(C(CC(=O)Nc2ccc(C)c(Cl)c2)c2ccc(Cl)cc2)c(=O)o1. The summed E-state index contributed by atoms with van der Waals surface area (Å²) in [5.41, 5.74) is 1.42. The highest BCUT2D eigenvalue weighted by Gasteiger charge is 2.26. The Morgan fingerprint density at radius 1 is 1.10 bits per heavy atom. The average molecular weight is 432 g/mol. The van der Waals surface area contributed by atoms with Gasteiger partial charge in [-0.25, -0.2) is 4.79 Å². The van der Waals surface area contributed by atoms with E-state index in [-0.39, 0.29) is 29.4 Å². The molecule has 3 aromatic rings. The first-order chi connectivity index (χ1) is 13.7. The first-order valence-electron chi connectivity index (χ1n) is 8.89. The number of hydrogen-bond acceptors (Lipinski definition) is 4. The van der Waals surface area contributed by atoms with Crippen LogP contribution in [0.3, 0.4) is 0 Å². The number of nitrogens with one attached hydrogen (secondary N) is 1. The first kappa shape index (κ1) is 21.0. The zero-order valence-corrected chi connectivity index (χ0v) is 17.3. The third-order valence-electron chi connectivity index (χ3n) is 4.56. The second-order valence-corrected chi connectivity index (χ2v) is 7.61. The molecule has 0 aliphatic carbocycles. The molecule has 5 nitrogen and oxygen atoms in total. The van der Waals surface area contributed by atoms with Crippen molar-refractivity contribution in [1.82, 2.24) is 0 Å². The smallest absolute Gasteiger partial charge is 0.343 e. The molecule has 1 aromatic heterocycles. The Bertz CT molecular complexity index is 1110. The van der Waals surface area contributed by atoms with Crippen LogP contribution in [-0.2, 0) is 4.79 Å². The van der Waals surface area contributed by atoms with Gasteiger partial charge in [0.15, 0.2) is 0 Å². The highest BCUT2D eigenvalue weighted by Crippen LogP contribution is 2.33. The van der Waals surface area contributed by atoms with Gasteiger partial charge in [0.05, 0.1) is 5.56 Å². The predicted octanol–water partition coefficient (Wildman–Crippen LogP) is 5.43. The van der Waals surface area contributed by atoms with E-state index in [0.717, 1.165) is 5.56 Å². The molecule has 29 heavy (non-hydrogen) atoms. The Kier molecular flexibility index (Phi) is 6.30. The lowest BCUT2D eigenvalue weighted by Gasteiger charge is -2.18. The fourth-order valence-electron chi connectivity index (χ4n) is 3.08. The molecule has 2 N–H and O–H groups in total. The van der Waals surface area contributed by atoms with Crippen molar-refractivity contribution in [3.63, 3.8) is 0 Å². The number of benzene rings is 2. The molecule has 3 rings (SSSR count). The molecule has 0 radical (unpaired) electrons. The quantitative estimate of drug-likeness (QED) is 0.564. The molecule has 0 spiro atoms. The standard InChI is InChI=1S/C22H19Cl2NO4/c1-12-3-8-16(10-18(12)24)25-20(27)11-17(14-4-6-15(23)7-5-14)21-19(26)9-13(2)29-22(21)28/h3-10,17,26H,11H2,1-2H3,(H,25,27). The Hall–Kier alpha value is -2.76. The second kappa shape index (κ2) is 8.72. The van der Waals surface area contributed by atoms with E-state index < -0.39 is 11.5 Å². The van der Waals surface area contributed by atoms with E-state index in [4.69, 9.17) is 27.6 Å². The van der Waals surface area contributed by atoms with Gasteiger partial charge in [-0.15, -0.1) is 0 Å². The fraction of sp³-hybridized carbons (Fsp3) is 0.182. The van der Waals surface area contributed by atoms with E-state index in [1.54, 1.807) is 49.4 Å². The Labute approximate surface area is 177 Å². The van der Waals surface area contributed by atoms with Gasteiger partial charge >= 0.3 is 5.63 Å². The molecule has 0 bridgehead atoms. The van der Waals surface area contributed by atoms with Crippen molar-refractivity contribution in [2.75, 3.05) is 5.32 Å². The molecule has 0 aliphatic heterocycles. The fourth-order valence-corrected chi connectivity index (χ4v) is 3.38. The summed E-state index contributed by atoms with van der Waals surface area (Å²) in [4.78, 5) is 25.2. The van der Waals surface area contributed by atoms with Crippen LogP contribution < -0.4 is 10.9 Å². The molecule has 1 unspecified atom stereocenters. The summed E-state index contributed by atoms with van der Waals surface area (Å²) in [6, 6.07) is 13.3. The minimum Gasteiger partial charge on any atom is -0.507 e. The maximum Gasteiger partial charge on any atom is 0.343 e. The highest BCUT2D eigenvalue weighted by atomic mass is 35.5. The van der Waals surface area contributed by atoms with Crippen LogP contribution in [0.4, 0.5) is 5.69 Å². The summed E-state index contributed by atoms with van der Waals surface area (Å²) in [6.07, 6.45) is -0.0888. The summed E-state index contributed by atoms with van der Waals surface area (Å²) in [6.45, 7) is 3.43. The van der Waals surface area contributed by atoms with Gasteiger partial charge in [-0.1, -0.05) is 41.4 Å². The maximum atomic E-state index is 12.7. The Morgan fingerprint density at radius 2 is 1.79 bits per heavy atom. The van der Waals surface area contributed by atoms with E-state index in [9.17, 15) is 14.7 Å². The largest absolute Gasteiger partial charge is 0.507 e. The van der Waals surface area contributed by atoms with Crippen molar-refractivity contribution in [1.29, 1.82) is 0 Å². The molecule has 0 saturated carbocycles. The van der Waals surface area contributed by atoms with Crippen LogP contribution in [0, 0.1) is 13.8 Å². The summed E-state index contributed by atoms with van der Waals surface area (Å²) in [7, 11) is 0. The van der Waals surface area contributed by atoms with Crippen LogP contribution in [-0.4, -0.2) is 11.0 Å². The van der Waals surface area contributed by atoms with Crippen molar-refractivity contribution in [2.45, 2.75) is 26.2 Å². The number of aromatic hydroxyl groups is 1. The lowest BCUT2D eigenvalue weighted by atomic mass is 9.88. The lowest BCUT2D eigenvalue weighted by Crippen LogP contribution is -2.21. The number of anilines is 1. The van der Waals surface area contributed by atoms with E-state index in [1.807, 2.05) is 6.92 Å². The lowest BCUT2D eigenvalue weighted by molar-refractivity contribution is -0.116. The van der Waals surface area contributed by atoms with E-state index in [1.165, 1.54) is 6.07 Å². The number of hydrogen-bond donors (Lipinski definition) is 2. The molecular weight excluding hydrogens is 413 g/mol. The van der Waals surface area contributed by atoms with Crippen LogP contribution in [0.5, 0.6) is 5.75 Å². The van der Waals surface area contributed by atoms with Gasteiger partial charge in [-0.05, 0) is 49.2 Å². The molecule has 1 amide bonds. The molecule has 1 heterocycles. The normalized spacial score (nSPS) is 11.9. The third kappa shape index (κ3) is 5.00. The second-order valence-electron chi connectivity index (χ2n) is 6.76. The van der Waals surface area contributed by atoms with Gasteiger partial charge in [-0.2, -0.15) is 0 Å². The van der Waals surface area contributed by atoms with Gasteiger partial charge < -0.3 is 14.8 Å². The van der Waals surface area contributed by atoms with E-state index in [0.29, 0.717) is 21.3 Å². The number of carbonyl (C=O) groups excluding carboxylic acids is 1. The molecular formula is C22H19Cl2NO4. The molecule has 0 aliphatic rings. The zero-order valence-electron chi connectivity index (χ0n) is 15.8. The van der Waals surface area contributed by atoms with Gasteiger partial charge in [0.25, 0.3) is 0 Å². The molecule has 1 atom stereocenters. The molecule has 2 aromatic carbocycles. The zero-order chi connectivity index (χ0) is 21.1. The number of halogens is 2. The van der Waals surface area contributed by atoms with Gasteiger partial charge in [0.2, 0.25) is 5.91 Å². The molecule has 150 valence electrons. The minimum atomic E-state index is -0.718. The number of carbonyl (C=O) groups is 1. The first-order valence-corrected chi connectivity index (χ1v) is 9.65. The van der Waals surface area contributed by atoms with Crippen molar-refractivity contribution >= 4 is 34.8 Å². The molecule has 7 heteroatoms. The van der Waals surface area contributed by atoms with Crippen LogP contribution in [0.2, 0.25) is 10.0 Å². The minimum absolute atomic E-state index is 0.0232. The summed E-state index contributed by atoms with van der Waals surface area (Å²) in [5.74, 6) is -0.996. The van der Waals surface area contributed by atoms with Gasteiger partial charge in [-0.3, -0.25) is 4.79 Å². The predicted molar refractivity (Wildman–Crippen MR) is 114 cm³/mol. The third-order valence-corrected chi connectivity index (χ3v) is 5.21. The Balaban J connectivity index is 1.95. The van der Waals surface area contributed by atoms with Crippen molar-refractivity contribution in [3.8, 4) is 5.75 Å². The topological polar surface area (TPSA) is 79.5 Å². The Morgan fingerprint density at radius 3 is 2.41 bits per heavy atom. The van der Waals surface area contributed by atoms with Crippen LogP contribution in [0.1, 0.15) is 34.8 Å². The van der Waals surface area contributed by atoms with Crippen molar-refractivity contribution < 1.29 is 14.3 Å². The number of rotatable bonds is 5. The van der Waals surface area contributed by atoms with Gasteiger partial charge in [0, 0.05) is 34.1 Å². The van der Waals surface area contributed by atoms with Crippen LogP contribution >= 0.6 is 23.2 Å². The maximum absolute atomic E-state index is 12.7. The highest BCUT2D eigenvalue weighted by molar-refractivity contribution is 6.31. The van der Waals surface area contributed by atoms with E-state index in [2.05, 4.69) is 5.32 Å². The molecule has 0 saturated heterocycles. The van der Waals surface area contributed by atoms with Crippen molar-refractivity contribution in [3.05, 3.63) is 91.4 Å². The van der Waals surface area contributed by atoms with Crippen LogP contribution in [0.25, 0.3) is 0 Å². The molecule has 0 fully saturated rings. The monoisotopic (exact) mass is 431 g/mol. The van der Waals surface area contributed by atoms with Gasteiger partial charge in [0.1, 0.15) is 11.5 Å². The average Bonchev–Trinajstić information content (AvgIpc) is 2.64. The summed E-state index contributed by atoms with van der Waals surface area (Å²) in [5, 5.41) is 14.2. The summed E-state index contributed by atoms with van der Waals surface area (Å²) >= 11 is 12.1. The van der Waals surface area contributed by atoms with Crippen molar-refractivity contribution in [2.24, 2.45) is 0 Å². The number of amides is 1. The summed E-state index contributed by atoms with van der Waals surface area (Å²) < 4.78 is 5.15. The van der Waals surface area contributed by atoms with E-state index >= 15 is 0 Å².